The number of hydrogen-bond acceptors (Lipinski definition) is 2. The lowest BCUT2D eigenvalue weighted by atomic mass is 10.1. The highest BCUT2D eigenvalue weighted by molar-refractivity contribution is 5.76. The molecule has 7 heteroatoms. The maximum atomic E-state index is 12.8. The fourth-order valence-electron chi connectivity index (χ4n) is 2.50. The molecule has 23 heavy (non-hydrogen) atoms. The summed E-state index contributed by atoms with van der Waals surface area (Å²) in [7, 11) is 1.52. The summed E-state index contributed by atoms with van der Waals surface area (Å²) < 4.78 is 44.9. The first kappa shape index (κ1) is 15.2. The molecule has 4 nitrogen and oxygen atoms in total. The summed E-state index contributed by atoms with van der Waals surface area (Å²) >= 11 is 0. The summed E-state index contributed by atoms with van der Waals surface area (Å²) in [5.74, 6) is 0.612. The molecule has 0 aliphatic carbocycles. The zero-order valence-corrected chi connectivity index (χ0v) is 12.1. The lowest BCUT2D eigenvalue weighted by molar-refractivity contribution is -0.137. The highest BCUT2D eigenvalue weighted by Gasteiger charge is 2.30. The molecule has 0 aliphatic heterocycles. The van der Waals surface area contributed by atoms with Gasteiger partial charge in [-0.2, -0.15) is 13.2 Å². The number of halogens is 3. The number of benzene rings is 2. The summed E-state index contributed by atoms with van der Waals surface area (Å²) in [5, 5.41) is 0. The molecule has 0 atom stereocenters. The zero-order chi connectivity index (χ0) is 16.6. The number of H-pyrrole nitrogens is 1. The van der Waals surface area contributed by atoms with Crippen LogP contribution in [0.4, 0.5) is 13.2 Å². The topological polar surface area (TPSA) is 47.0 Å². The van der Waals surface area contributed by atoms with E-state index in [0.29, 0.717) is 11.3 Å². The second-order valence-electron chi connectivity index (χ2n) is 5.06. The van der Waals surface area contributed by atoms with E-state index in [1.54, 1.807) is 24.3 Å². The van der Waals surface area contributed by atoms with E-state index in [4.69, 9.17) is 4.74 Å². The van der Waals surface area contributed by atoms with Crippen molar-refractivity contribution in [2.75, 3.05) is 7.11 Å². The van der Waals surface area contributed by atoms with Crippen LogP contribution in [0.2, 0.25) is 0 Å². The normalized spacial score (nSPS) is 11.8. The largest absolute Gasteiger partial charge is 0.496 e. The molecular weight excluding hydrogens is 309 g/mol. The number of aromatic nitrogens is 2. The molecule has 0 spiro atoms. The van der Waals surface area contributed by atoms with Crippen molar-refractivity contribution in [2.24, 2.45) is 0 Å². The molecule has 3 aromatic rings. The van der Waals surface area contributed by atoms with Crippen LogP contribution in [0, 0.1) is 0 Å². The fraction of sp³-hybridized carbons (Fsp3) is 0.188. The average molecular weight is 322 g/mol. The van der Waals surface area contributed by atoms with Crippen molar-refractivity contribution in [3.8, 4) is 5.75 Å². The SMILES string of the molecule is COc1ccccc1Cn1c(=O)[nH]c2cc(C(F)(F)F)ccc21. The molecule has 120 valence electrons. The maximum Gasteiger partial charge on any atom is 0.416 e. The fourth-order valence-corrected chi connectivity index (χ4v) is 2.50. The second-order valence-corrected chi connectivity index (χ2v) is 5.06. The molecule has 0 saturated heterocycles. The van der Waals surface area contributed by atoms with Crippen LogP contribution in [-0.2, 0) is 12.7 Å². The number of methoxy groups -OCH3 is 1. The molecule has 0 amide bonds. The van der Waals surface area contributed by atoms with Crippen molar-refractivity contribution in [3.63, 3.8) is 0 Å². The molecule has 3 rings (SSSR count). The molecule has 0 bridgehead atoms. The number of imidazole rings is 1. The van der Waals surface area contributed by atoms with Crippen LogP contribution in [0.15, 0.2) is 47.3 Å². The Morgan fingerprint density at radius 2 is 1.91 bits per heavy atom. The highest BCUT2D eigenvalue weighted by atomic mass is 19.4. The van der Waals surface area contributed by atoms with Gasteiger partial charge in [-0.1, -0.05) is 18.2 Å². The third-order valence-corrected chi connectivity index (χ3v) is 3.62. The quantitative estimate of drug-likeness (QED) is 0.803. The first-order chi connectivity index (χ1) is 10.9. The first-order valence-electron chi connectivity index (χ1n) is 6.82. The van der Waals surface area contributed by atoms with Crippen molar-refractivity contribution in [2.45, 2.75) is 12.7 Å². The van der Waals surface area contributed by atoms with Crippen molar-refractivity contribution in [1.29, 1.82) is 0 Å². The molecule has 0 radical (unpaired) electrons. The van der Waals surface area contributed by atoms with E-state index < -0.39 is 17.4 Å². The summed E-state index contributed by atoms with van der Waals surface area (Å²) in [6.07, 6.45) is -4.45. The zero-order valence-electron chi connectivity index (χ0n) is 12.1. The van der Waals surface area contributed by atoms with E-state index in [1.807, 2.05) is 0 Å². The van der Waals surface area contributed by atoms with E-state index in [0.717, 1.165) is 17.7 Å². The van der Waals surface area contributed by atoms with Crippen LogP contribution >= 0.6 is 0 Å². The Labute approximate surface area is 129 Å². The van der Waals surface area contributed by atoms with E-state index >= 15 is 0 Å². The number of rotatable bonds is 3. The van der Waals surface area contributed by atoms with E-state index in [-0.39, 0.29) is 12.1 Å². The van der Waals surface area contributed by atoms with Crippen molar-refractivity contribution in [1.82, 2.24) is 9.55 Å². The van der Waals surface area contributed by atoms with Gasteiger partial charge in [-0.15, -0.1) is 0 Å². The minimum Gasteiger partial charge on any atom is -0.496 e. The number of hydrogen-bond donors (Lipinski definition) is 1. The Hall–Kier alpha value is -2.70. The molecule has 0 fully saturated rings. The molecule has 1 aromatic heterocycles. The highest BCUT2D eigenvalue weighted by Crippen LogP contribution is 2.31. The Balaban J connectivity index is 2.08. The van der Waals surface area contributed by atoms with Gasteiger partial charge in [-0.25, -0.2) is 4.79 Å². The number of alkyl halides is 3. The Kier molecular flexibility index (Phi) is 3.63. The summed E-state index contributed by atoms with van der Waals surface area (Å²) in [6, 6.07) is 10.4. The third-order valence-electron chi connectivity index (χ3n) is 3.62. The summed E-state index contributed by atoms with van der Waals surface area (Å²) in [4.78, 5) is 14.6. The van der Waals surface area contributed by atoms with E-state index in [9.17, 15) is 18.0 Å². The Morgan fingerprint density at radius 3 is 2.61 bits per heavy atom. The number of nitrogens with zero attached hydrogens (tertiary/aromatic N) is 1. The summed E-state index contributed by atoms with van der Waals surface area (Å²) in [6.45, 7) is 0.203. The third kappa shape index (κ3) is 2.81. The van der Waals surface area contributed by atoms with Crippen LogP contribution in [0.5, 0.6) is 5.75 Å². The van der Waals surface area contributed by atoms with Gasteiger partial charge in [0.05, 0.1) is 30.3 Å². The van der Waals surface area contributed by atoms with Gasteiger partial charge >= 0.3 is 11.9 Å². The molecule has 1 heterocycles. The van der Waals surface area contributed by atoms with Gasteiger partial charge in [-0.3, -0.25) is 4.57 Å². The van der Waals surface area contributed by atoms with E-state index in [1.165, 1.54) is 17.7 Å². The van der Waals surface area contributed by atoms with Crippen LogP contribution < -0.4 is 10.4 Å². The maximum absolute atomic E-state index is 12.8. The molecular formula is C16H13F3N2O2. The lowest BCUT2D eigenvalue weighted by Gasteiger charge is -2.10. The smallest absolute Gasteiger partial charge is 0.416 e. The number of aromatic amines is 1. The number of nitrogens with one attached hydrogen (secondary N) is 1. The number of para-hydroxylation sites is 1. The van der Waals surface area contributed by atoms with Crippen molar-refractivity contribution >= 4 is 11.0 Å². The van der Waals surface area contributed by atoms with Crippen LogP contribution in [0.3, 0.4) is 0 Å². The Bertz CT molecular complexity index is 910. The van der Waals surface area contributed by atoms with Gasteiger partial charge in [0, 0.05) is 5.56 Å². The lowest BCUT2D eigenvalue weighted by Crippen LogP contribution is -2.17. The van der Waals surface area contributed by atoms with Gasteiger partial charge in [0.1, 0.15) is 5.75 Å². The average Bonchev–Trinajstić information content (AvgIpc) is 2.82. The monoisotopic (exact) mass is 322 g/mol. The van der Waals surface area contributed by atoms with Gasteiger partial charge in [0.15, 0.2) is 0 Å². The first-order valence-corrected chi connectivity index (χ1v) is 6.82. The van der Waals surface area contributed by atoms with Gasteiger partial charge < -0.3 is 9.72 Å². The molecule has 1 N–H and O–H groups in total. The van der Waals surface area contributed by atoms with Gasteiger partial charge in [-0.05, 0) is 24.3 Å². The van der Waals surface area contributed by atoms with Crippen LogP contribution in [0.1, 0.15) is 11.1 Å². The van der Waals surface area contributed by atoms with E-state index in [2.05, 4.69) is 4.98 Å². The van der Waals surface area contributed by atoms with Gasteiger partial charge in [0.25, 0.3) is 0 Å². The summed E-state index contributed by atoms with van der Waals surface area (Å²) in [5.41, 5.74) is 0.0625. The van der Waals surface area contributed by atoms with Crippen LogP contribution in [-0.4, -0.2) is 16.7 Å². The number of fused-ring (bicyclic) bond motifs is 1. The van der Waals surface area contributed by atoms with Crippen LogP contribution in [0.25, 0.3) is 11.0 Å². The van der Waals surface area contributed by atoms with Crippen molar-refractivity contribution in [3.05, 3.63) is 64.1 Å². The molecule has 0 aliphatic rings. The number of ether oxygens (including phenoxy) is 1. The molecule has 2 aromatic carbocycles. The predicted molar refractivity (Wildman–Crippen MR) is 79.7 cm³/mol. The minimum absolute atomic E-state index is 0.153. The Morgan fingerprint density at radius 1 is 1.17 bits per heavy atom. The molecule has 0 saturated carbocycles. The standard InChI is InChI=1S/C16H13F3N2O2/c1-23-14-5-3-2-4-10(14)9-21-13-7-6-11(16(17,18)19)8-12(13)20-15(21)22/h2-8H,9H2,1H3,(H,20,22). The van der Waals surface area contributed by atoms with Crippen molar-refractivity contribution < 1.29 is 17.9 Å². The van der Waals surface area contributed by atoms with Gasteiger partial charge in [0.2, 0.25) is 0 Å². The predicted octanol–water partition coefficient (Wildman–Crippen LogP) is 3.41. The molecule has 0 unspecified atom stereocenters. The second kappa shape index (κ2) is 5.49. The minimum atomic E-state index is -4.45.